The second-order valence-corrected chi connectivity index (χ2v) is 4.65. The summed E-state index contributed by atoms with van der Waals surface area (Å²) in [6.45, 7) is 2.48. The lowest BCUT2D eigenvalue weighted by molar-refractivity contribution is 0.252. The average molecular weight is 276 g/mol. The molecule has 100 valence electrons. The maximum Gasteiger partial charge on any atom is 0.319 e. The highest BCUT2D eigenvalue weighted by molar-refractivity contribution is 7.80. The van der Waals surface area contributed by atoms with Crippen molar-refractivity contribution in [2.75, 3.05) is 11.9 Å². The van der Waals surface area contributed by atoms with Crippen molar-refractivity contribution in [2.45, 2.75) is 19.8 Å². The van der Waals surface area contributed by atoms with Gasteiger partial charge in [-0.25, -0.2) is 4.79 Å². The third-order valence-corrected chi connectivity index (χ3v) is 3.01. The van der Waals surface area contributed by atoms with Gasteiger partial charge in [-0.3, -0.25) is 5.43 Å². The number of hydrogen-bond donors (Lipinski definition) is 3. The normalized spacial score (nSPS) is 14.4. The van der Waals surface area contributed by atoms with Crippen molar-refractivity contribution >= 4 is 34.6 Å². The molecule has 0 unspecified atom stereocenters. The Morgan fingerprint density at radius 1 is 1.37 bits per heavy atom. The first kappa shape index (κ1) is 13.5. The van der Waals surface area contributed by atoms with Crippen LogP contribution in [0.25, 0.3) is 0 Å². The van der Waals surface area contributed by atoms with E-state index in [4.69, 9.17) is 12.2 Å². The highest BCUT2D eigenvalue weighted by atomic mass is 32.1. The minimum Gasteiger partial charge on any atom is -0.338 e. The predicted octanol–water partition coefficient (Wildman–Crippen LogP) is 2.24. The molecule has 0 saturated carbocycles. The fraction of sp³-hybridized carbons (Fsp3) is 0.308. The van der Waals surface area contributed by atoms with Crippen LogP contribution in [0.5, 0.6) is 0 Å². The first-order valence-corrected chi connectivity index (χ1v) is 6.60. The SMILES string of the molecule is CCNC(=O)Nc1ccc(C2=NNC(=S)CC2)cc1. The first-order valence-electron chi connectivity index (χ1n) is 6.19. The summed E-state index contributed by atoms with van der Waals surface area (Å²) < 4.78 is 0. The Morgan fingerprint density at radius 3 is 2.68 bits per heavy atom. The van der Waals surface area contributed by atoms with Gasteiger partial charge in [0.2, 0.25) is 0 Å². The van der Waals surface area contributed by atoms with Gasteiger partial charge in [-0.15, -0.1) is 0 Å². The molecule has 0 aromatic heterocycles. The van der Waals surface area contributed by atoms with E-state index >= 15 is 0 Å². The molecule has 0 aliphatic carbocycles. The van der Waals surface area contributed by atoms with Gasteiger partial charge in [-0.1, -0.05) is 24.4 Å². The zero-order valence-corrected chi connectivity index (χ0v) is 11.5. The number of rotatable bonds is 3. The first-order chi connectivity index (χ1) is 9.19. The van der Waals surface area contributed by atoms with Crippen LogP contribution in [0.2, 0.25) is 0 Å². The molecule has 0 saturated heterocycles. The standard InChI is InChI=1S/C13H16N4OS/c1-2-14-13(18)15-10-5-3-9(4-6-10)11-7-8-12(19)17-16-11/h3-6H,2,7-8H2,1H3,(H,17,19)(H2,14,15,18). The molecule has 1 aliphatic rings. The predicted molar refractivity (Wildman–Crippen MR) is 80.6 cm³/mol. The van der Waals surface area contributed by atoms with Crippen molar-refractivity contribution < 1.29 is 4.79 Å². The molecule has 1 heterocycles. The van der Waals surface area contributed by atoms with Gasteiger partial charge in [0.15, 0.2) is 0 Å². The molecule has 0 bridgehead atoms. The summed E-state index contributed by atoms with van der Waals surface area (Å²) in [5.41, 5.74) is 5.62. The fourth-order valence-electron chi connectivity index (χ4n) is 1.76. The third-order valence-electron chi connectivity index (χ3n) is 2.72. The monoisotopic (exact) mass is 276 g/mol. The maximum atomic E-state index is 11.4. The zero-order valence-electron chi connectivity index (χ0n) is 10.7. The van der Waals surface area contributed by atoms with E-state index in [1.165, 1.54) is 0 Å². The Balaban J connectivity index is 2.02. The number of thiocarbonyl (C=S) groups is 1. The number of anilines is 1. The minimum absolute atomic E-state index is 0.197. The van der Waals surface area contributed by atoms with Crippen molar-refractivity contribution in [1.29, 1.82) is 0 Å². The molecule has 0 atom stereocenters. The van der Waals surface area contributed by atoms with E-state index in [-0.39, 0.29) is 6.03 Å². The van der Waals surface area contributed by atoms with Gasteiger partial charge >= 0.3 is 6.03 Å². The summed E-state index contributed by atoms with van der Waals surface area (Å²) in [7, 11) is 0. The molecule has 1 aromatic rings. The smallest absolute Gasteiger partial charge is 0.319 e. The molecule has 1 aliphatic heterocycles. The van der Waals surface area contributed by atoms with E-state index in [1.807, 2.05) is 31.2 Å². The molecule has 5 nitrogen and oxygen atoms in total. The molecular formula is C13H16N4OS. The number of amides is 2. The molecule has 19 heavy (non-hydrogen) atoms. The number of benzene rings is 1. The van der Waals surface area contributed by atoms with Crippen LogP contribution in [0.1, 0.15) is 25.3 Å². The van der Waals surface area contributed by atoms with E-state index in [2.05, 4.69) is 21.2 Å². The van der Waals surface area contributed by atoms with E-state index in [9.17, 15) is 4.79 Å². The molecule has 1 aromatic carbocycles. The topological polar surface area (TPSA) is 65.5 Å². The summed E-state index contributed by atoms with van der Waals surface area (Å²) in [6, 6.07) is 7.41. The van der Waals surface area contributed by atoms with Crippen LogP contribution in [0.15, 0.2) is 29.4 Å². The van der Waals surface area contributed by atoms with Crippen molar-refractivity contribution in [3.8, 4) is 0 Å². The lowest BCUT2D eigenvalue weighted by Crippen LogP contribution is -2.28. The lowest BCUT2D eigenvalue weighted by Gasteiger charge is -2.14. The molecule has 0 radical (unpaired) electrons. The van der Waals surface area contributed by atoms with E-state index in [1.54, 1.807) is 0 Å². The minimum atomic E-state index is -0.197. The van der Waals surface area contributed by atoms with Crippen LogP contribution in [0.4, 0.5) is 10.5 Å². The Labute approximate surface area is 117 Å². The van der Waals surface area contributed by atoms with Gasteiger partial charge in [0.1, 0.15) is 0 Å². The van der Waals surface area contributed by atoms with E-state index in [0.717, 1.165) is 34.8 Å². The van der Waals surface area contributed by atoms with Crippen molar-refractivity contribution in [2.24, 2.45) is 5.10 Å². The van der Waals surface area contributed by atoms with Gasteiger partial charge < -0.3 is 10.6 Å². The Morgan fingerprint density at radius 2 is 2.11 bits per heavy atom. The molecule has 2 amide bonds. The van der Waals surface area contributed by atoms with Gasteiger partial charge in [0, 0.05) is 18.7 Å². The van der Waals surface area contributed by atoms with Gasteiger partial charge in [0.25, 0.3) is 0 Å². The van der Waals surface area contributed by atoms with Crippen molar-refractivity contribution in [3.63, 3.8) is 0 Å². The molecular weight excluding hydrogens is 260 g/mol. The van der Waals surface area contributed by atoms with Gasteiger partial charge in [-0.05, 0) is 31.0 Å². The quantitative estimate of drug-likeness (QED) is 0.742. The number of carbonyl (C=O) groups is 1. The Bertz CT molecular complexity index is 510. The summed E-state index contributed by atoms with van der Waals surface area (Å²) in [4.78, 5) is 12.1. The van der Waals surface area contributed by atoms with Crippen LogP contribution in [0.3, 0.4) is 0 Å². The summed E-state index contributed by atoms with van der Waals surface area (Å²) in [6.07, 6.45) is 1.67. The second-order valence-electron chi connectivity index (χ2n) is 4.16. The van der Waals surface area contributed by atoms with E-state index in [0.29, 0.717) is 6.54 Å². The summed E-state index contributed by atoms with van der Waals surface area (Å²) in [5.74, 6) is 0. The number of nitrogens with one attached hydrogen (secondary N) is 3. The number of nitrogens with zero attached hydrogens (tertiary/aromatic N) is 1. The van der Waals surface area contributed by atoms with Crippen LogP contribution in [-0.4, -0.2) is 23.3 Å². The number of urea groups is 1. The Kier molecular flexibility index (Phi) is 4.46. The van der Waals surface area contributed by atoms with Crippen LogP contribution < -0.4 is 16.1 Å². The average Bonchev–Trinajstić information content (AvgIpc) is 2.41. The Hall–Kier alpha value is -1.95. The highest BCUT2D eigenvalue weighted by Gasteiger charge is 2.11. The largest absolute Gasteiger partial charge is 0.338 e. The molecule has 0 fully saturated rings. The highest BCUT2D eigenvalue weighted by Crippen LogP contribution is 2.14. The summed E-state index contributed by atoms with van der Waals surface area (Å²) in [5, 5.41) is 9.66. The lowest BCUT2D eigenvalue weighted by atomic mass is 10.0. The molecule has 0 spiro atoms. The molecule has 3 N–H and O–H groups in total. The van der Waals surface area contributed by atoms with Gasteiger partial charge in [0.05, 0.1) is 10.7 Å². The number of hydrazone groups is 1. The molecule has 2 rings (SSSR count). The second kappa shape index (κ2) is 6.29. The number of hydrogen-bond acceptors (Lipinski definition) is 3. The summed E-state index contributed by atoms with van der Waals surface area (Å²) >= 11 is 5.03. The van der Waals surface area contributed by atoms with Crippen molar-refractivity contribution in [1.82, 2.24) is 10.7 Å². The van der Waals surface area contributed by atoms with Crippen molar-refractivity contribution in [3.05, 3.63) is 29.8 Å². The van der Waals surface area contributed by atoms with Crippen LogP contribution in [-0.2, 0) is 0 Å². The number of carbonyl (C=O) groups excluding carboxylic acids is 1. The third kappa shape index (κ3) is 3.75. The van der Waals surface area contributed by atoms with Crippen LogP contribution >= 0.6 is 12.2 Å². The van der Waals surface area contributed by atoms with E-state index < -0.39 is 0 Å². The fourth-order valence-corrected chi connectivity index (χ4v) is 1.91. The maximum absolute atomic E-state index is 11.4. The zero-order chi connectivity index (χ0) is 13.7. The van der Waals surface area contributed by atoms with Crippen LogP contribution in [0, 0.1) is 0 Å². The van der Waals surface area contributed by atoms with Gasteiger partial charge in [-0.2, -0.15) is 5.10 Å². The molecule has 6 heteroatoms.